The number of hydrogen-bond donors (Lipinski definition) is 1. The molecule has 4 atom stereocenters. The van der Waals surface area contributed by atoms with E-state index in [-0.39, 0.29) is 11.7 Å². The van der Waals surface area contributed by atoms with Crippen molar-refractivity contribution >= 4 is 11.8 Å². The van der Waals surface area contributed by atoms with Crippen molar-refractivity contribution in [1.29, 1.82) is 0 Å². The van der Waals surface area contributed by atoms with Crippen LogP contribution in [0.25, 0.3) is 0 Å². The fourth-order valence-electron chi connectivity index (χ4n) is 2.93. The number of ketones is 1. The molecule has 0 heterocycles. The molecule has 2 aromatic rings. The fraction of sp³-hybridized carbons (Fsp3) is 0.391. The van der Waals surface area contributed by atoms with Gasteiger partial charge in [-0.1, -0.05) is 62.4 Å². The molecule has 0 aromatic heterocycles. The number of carbonyl (C=O) groups is 2. The molecule has 2 aromatic carbocycles. The van der Waals surface area contributed by atoms with Crippen LogP contribution in [0.4, 0.5) is 0 Å². The number of aliphatic hydroxyl groups excluding tert-OH is 1. The van der Waals surface area contributed by atoms with E-state index in [0.717, 1.165) is 5.56 Å². The molecule has 0 aliphatic carbocycles. The van der Waals surface area contributed by atoms with Crippen LogP contribution in [0.3, 0.4) is 0 Å². The average Bonchev–Trinajstić information content (AvgIpc) is 2.73. The van der Waals surface area contributed by atoms with Gasteiger partial charge in [0.1, 0.15) is 0 Å². The van der Waals surface area contributed by atoms with Crippen LogP contribution in [0.15, 0.2) is 60.7 Å². The number of hydrogen-bond acceptors (Lipinski definition) is 5. The Morgan fingerprint density at radius 3 is 2.11 bits per heavy atom. The average molecular weight is 384 g/mol. The summed E-state index contributed by atoms with van der Waals surface area (Å²) in [6.07, 6.45) is -1.82. The van der Waals surface area contributed by atoms with Crippen molar-refractivity contribution in [2.45, 2.75) is 39.6 Å². The summed E-state index contributed by atoms with van der Waals surface area (Å²) in [5.74, 6) is -1.78. The monoisotopic (exact) mass is 384 g/mol. The predicted octanol–water partition coefficient (Wildman–Crippen LogP) is 3.65. The van der Waals surface area contributed by atoms with Crippen LogP contribution < -0.4 is 0 Å². The van der Waals surface area contributed by atoms with Crippen LogP contribution in [0.5, 0.6) is 0 Å². The highest BCUT2D eigenvalue weighted by Crippen LogP contribution is 2.18. The van der Waals surface area contributed by atoms with Gasteiger partial charge >= 0.3 is 5.97 Å². The number of benzene rings is 2. The van der Waals surface area contributed by atoms with Crippen LogP contribution in [0, 0.1) is 11.8 Å². The molecule has 0 amide bonds. The van der Waals surface area contributed by atoms with E-state index in [1.807, 2.05) is 37.3 Å². The lowest BCUT2D eigenvalue weighted by atomic mass is 9.89. The Balaban J connectivity index is 1.82. The number of esters is 1. The molecule has 0 saturated heterocycles. The summed E-state index contributed by atoms with van der Waals surface area (Å²) in [6, 6.07) is 18.3. The molecular formula is C23H28O5. The van der Waals surface area contributed by atoms with Gasteiger partial charge in [0, 0.05) is 11.8 Å². The Morgan fingerprint density at radius 1 is 0.929 bits per heavy atom. The largest absolute Gasteiger partial charge is 0.451 e. The van der Waals surface area contributed by atoms with Gasteiger partial charge in [-0.05, 0) is 24.6 Å². The van der Waals surface area contributed by atoms with Gasteiger partial charge in [0.15, 0.2) is 11.9 Å². The molecular weight excluding hydrogens is 356 g/mol. The number of rotatable bonds is 10. The number of aliphatic hydroxyl groups is 1. The molecule has 1 N–H and O–H groups in total. The quantitative estimate of drug-likeness (QED) is 0.633. The highest BCUT2D eigenvalue weighted by atomic mass is 16.5. The Morgan fingerprint density at radius 2 is 1.50 bits per heavy atom. The minimum Gasteiger partial charge on any atom is -0.451 e. The van der Waals surface area contributed by atoms with Gasteiger partial charge in [-0.25, -0.2) is 4.79 Å². The topological polar surface area (TPSA) is 72.8 Å². The molecule has 0 aliphatic heterocycles. The summed E-state index contributed by atoms with van der Waals surface area (Å²) in [5, 5.41) is 10.5. The summed E-state index contributed by atoms with van der Waals surface area (Å²) < 4.78 is 10.9. The minimum absolute atomic E-state index is 0.236. The van der Waals surface area contributed by atoms with Gasteiger partial charge in [-0.3, -0.25) is 4.79 Å². The van der Waals surface area contributed by atoms with Crippen molar-refractivity contribution in [1.82, 2.24) is 0 Å². The second-order valence-corrected chi connectivity index (χ2v) is 7.07. The first kappa shape index (κ1) is 21.8. The maximum absolute atomic E-state index is 12.6. The molecule has 150 valence electrons. The Kier molecular flexibility index (Phi) is 8.36. The summed E-state index contributed by atoms with van der Waals surface area (Å²) in [4.78, 5) is 24.7. The van der Waals surface area contributed by atoms with Gasteiger partial charge < -0.3 is 14.6 Å². The summed E-state index contributed by atoms with van der Waals surface area (Å²) >= 11 is 0. The van der Waals surface area contributed by atoms with Gasteiger partial charge in [0.05, 0.1) is 24.9 Å². The molecule has 0 bridgehead atoms. The van der Waals surface area contributed by atoms with Gasteiger partial charge in [-0.2, -0.15) is 0 Å². The fourth-order valence-corrected chi connectivity index (χ4v) is 2.93. The van der Waals surface area contributed by atoms with Gasteiger partial charge in [-0.15, -0.1) is 0 Å². The van der Waals surface area contributed by atoms with E-state index in [9.17, 15) is 14.7 Å². The SMILES string of the molecule is C[C@H](OC(=O)c1ccccc1)C(=O)[C@H](C)[C@H](O)[C@@H](C)COCc1ccccc1. The van der Waals surface area contributed by atoms with E-state index >= 15 is 0 Å². The van der Waals surface area contributed by atoms with E-state index in [1.54, 1.807) is 37.3 Å². The second-order valence-electron chi connectivity index (χ2n) is 7.07. The maximum Gasteiger partial charge on any atom is 0.338 e. The third-order valence-electron chi connectivity index (χ3n) is 4.73. The highest BCUT2D eigenvalue weighted by molar-refractivity contribution is 5.93. The van der Waals surface area contributed by atoms with Crippen LogP contribution in [0.2, 0.25) is 0 Å². The van der Waals surface area contributed by atoms with Crippen LogP contribution in [-0.4, -0.2) is 35.7 Å². The first-order chi connectivity index (χ1) is 13.4. The lowest BCUT2D eigenvalue weighted by molar-refractivity contribution is -0.135. The second kappa shape index (κ2) is 10.7. The number of Topliss-reactive ketones (excluding diaryl/α,β-unsaturated/α-hetero) is 1. The van der Waals surface area contributed by atoms with Crippen LogP contribution in [-0.2, 0) is 20.9 Å². The lowest BCUT2D eigenvalue weighted by Crippen LogP contribution is -2.39. The molecule has 5 nitrogen and oxygen atoms in total. The summed E-state index contributed by atoms with van der Waals surface area (Å²) in [5.41, 5.74) is 1.44. The highest BCUT2D eigenvalue weighted by Gasteiger charge is 2.31. The molecule has 0 saturated carbocycles. The zero-order valence-electron chi connectivity index (χ0n) is 16.6. The smallest absolute Gasteiger partial charge is 0.338 e. The molecule has 2 rings (SSSR count). The van der Waals surface area contributed by atoms with Crippen molar-refractivity contribution < 1.29 is 24.2 Å². The number of ether oxygens (including phenoxy) is 2. The zero-order valence-corrected chi connectivity index (χ0v) is 16.6. The Hall–Kier alpha value is -2.50. The summed E-state index contributed by atoms with van der Waals surface area (Å²) in [6.45, 7) is 5.79. The van der Waals surface area contributed by atoms with Crippen molar-refractivity contribution in [3.05, 3.63) is 71.8 Å². The van der Waals surface area contributed by atoms with Crippen molar-refractivity contribution in [3.8, 4) is 0 Å². The predicted molar refractivity (Wildman–Crippen MR) is 107 cm³/mol. The normalized spacial score (nSPS) is 15.3. The molecule has 0 aliphatic rings. The molecule has 0 fully saturated rings. The minimum atomic E-state index is -0.935. The van der Waals surface area contributed by atoms with E-state index in [4.69, 9.17) is 9.47 Å². The van der Waals surface area contributed by atoms with Crippen LogP contribution in [0.1, 0.15) is 36.7 Å². The van der Waals surface area contributed by atoms with Crippen molar-refractivity contribution in [3.63, 3.8) is 0 Å². The van der Waals surface area contributed by atoms with Gasteiger partial charge in [0.2, 0.25) is 0 Å². The first-order valence-electron chi connectivity index (χ1n) is 9.49. The first-order valence-corrected chi connectivity index (χ1v) is 9.49. The molecule has 0 spiro atoms. The van der Waals surface area contributed by atoms with E-state index in [1.165, 1.54) is 6.92 Å². The summed E-state index contributed by atoms with van der Waals surface area (Å²) in [7, 11) is 0. The maximum atomic E-state index is 12.6. The third kappa shape index (κ3) is 6.29. The van der Waals surface area contributed by atoms with Crippen molar-refractivity contribution in [2.24, 2.45) is 11.8 Å². The Bertz CT molecular complexity index is 744. The van der Waals surface area contributed by atoms with Crippen LogP contribution >= 0.6 is 0 Å². The molecule has 0 radical (unpaired) electrons. The number of carbonyl (C=O) groups excluding carboxylic acids is 2. The molecule has 0 unspecified atom stereocenters. The lowest BCUT2D eigenvalue weighted by Gasteiger charge is -2.26. The van der Waals surface area contributed by atoms with E-state index < -0.39 is 24.1 Å². The van der Waals surface area contributed by atoms with E-state index in [2.05, 4.69) is 0 Å². The molecule has 28 heavy (non-hydrogen) atoms. The van der Waals surface area contributed by atoms with E-state index in [0.29, 0.717) is 18.8 Å². The molecule has 5 heteroatoms. The third-order valence-corrected chi connectivity index (χ3v) is 4.73. The Labute approximate surface area is 166 Å². The zero-order chi connectivity index (χ0) is 20.5. The van der Waals surface area contributed by atoms with Crippen molar-refractivity contribution in [2.75, 3.05) is 6.61 Å². The standard InChI is InChI=1S/C23H28O5/c1-16(14-27-15-19-10-6-4-7-11-19)21(24)17(2)22(25)18(3)28-23(26)20-12-8-5-9-13-20/h4-13,16-18,21,24H,14-15H2,1-3H3/t16-,17+,18-,21+/m0/s1. The van der Waals surface area contributed by atoms with Gasteiger partial charge in [0.25, 0.3) is 0 Å².